The molecule has 1 heterocycles. The van der Waals surface area contributed by atoms with Gasteiger partial charge in [0.05, 0.1) is 6.54 Å². The van der Waals surface area contributed by atoms with Gasteiger partial charge < -0.3 is 0 Å². The monoisotopic (exact) mass is 244 g/mol. The molecule has 0 bridgehead atoms. The minimum absolute atomic E-state index is 0.720. The van der Waals surface area contributed by atoms with Crippen molar-refractivity contribution in [1.29, 1.82) is 0 Å². The van der Waals surface area contributed by atoms with Crippen molar-refractivity contribution < 1.29 is 0 Å². The zero-order chi connectivity index (χ0) is 11.8. The van der Waals surface area contributed by atoms with Crippen LogP contribution >= 0.6 is 11.6 Å². The lowest BCUT2D eigenvalue weighted by Gasteiger charge is -2.19. The van der Waals surface area contributed by atoms with Crippen molar-refractivity contribution in [3.8, 4) is 0 Å². The molecule has 0 aliphatic heterocycles. The quantitative estimate of drug-likeness (QED) is 0.657. The van der Waals surface area contributed by atoms with Gasteiger partial charge in [0.15, 0.2) is 0 Å². The van der Waals surface area contributed by atoms with E-state index in [0.717, 1.165) is 50.7 Å². The molecule has 0 fully saturated rings. The van der Waals surface area contributed by atoms with Gasteiger partial charge in [0.1, 0.15) is 12.2 Å². The highest BCUT2D eigenvalue weighted by molar-refractivity contribution is 6.17. The predicted octanol–water partition coefficient (Wildman–Crippen LogP) is 2.14. The maximum absolute atomic E-state index is 5.71. The van der Waals surface area contributed by atoms with Crippen molar-refractivity contribution >= 4 is 11.6 Å². The van der Waals surface area contributed by atoms with E-state index in [2.05, 4.69) is 28.8 Å². The van der Waals surface area contributed by atoms with Crippen molar-refractivity contribution in [2.24, 2.45) is 0 Å². The van der Waals surface area contributed by atoms with E-state index in [-0.39, 0.29) is 0 Å². The zero-order valence-corrected chi connectivity index (χ0v) is 10.9. The average molecular weight is 245 g/mol. The van der Waals surface area contributed by atoms with Crippen LogP contribution in [0.15, 0.2) is 6.33 Å². The molecule has 0 aliphatic rings. The van der Waals surface area contributed by atoms with Crippen molar-refractivity contribution in [3.05, 3.63) is 12.2 Å². The Morgan fingerprint density at radius 2 is 2.25 bits per heavy atom. The molecule has 0 saturated heterocycles. The van der Waals surface area contributed by atoms with Crippen LogP contribution in [-0.2, 0) is 13.1 Å². The van der Waals surface area contributed by atoms with Gasteiger partial charge in [-0.15, -0.1) is 11.6 Å². The molecule has 0 atom stereocenters. The third-order valence-corrected chi connectivity index (χ3v) is 2.82. The van der Waals surface area contributed by atoms with Crippen LogP contribution in [0, 0.1) is 0 Å². The minimum atomic E-state index is 0.720. The maximum atomic E-state index is 5.71. The summed E-state index contributed by atoms with van der Waals surface area (Å²) >= 11 is 5.71. The molecular formula is C11H21ClN4. The van der Waals surface area contributed by atoms with Gasteiger partial charge >= 0.3 is 0 Å². The molecule has 16 heavy (non-hydrogen) atoms. The SMILES string of the molecule is CCCn1ncnc1CN(CC)CCCCl. The summed E-state index contributed by atoms with van der Waals surface area (Å²) in [6.45, 7) is 8.18. The second-order valence-corrected chi connectivity index (χ2v) is 4.19. The van der Waals surface area contributed by atoms with Crippen LogP contribution in [0.3, 0.4) is 0 Å². The molecule has 92 valence electrons. The third kappa shape index (κ3) is 4.10. The fraction of sp³-hybridized carbons (Fsp3) is 0.818. The molecule has 0 radical (unpaired) electrons. The van der Waals surface area contributed by atoms with Crippen molar-refractivity contribution in [2.45, 2.75) is 39.8 Å². The van der Waals surface area contributed by atoms with Gasteiger partial charge in [-0.25, -0.2) is 9.67 Å². The van der Waals surface area contributed by atoms with Crippen LogP contribution in [0.25, 0.3) is 0 Å². The van der Waals surface area contributed by atoms with E-state index in [1.54, 1.807) is 6.33 Å². The van der Waals surface area contributed by atoms with Gasteiger partial charge in [0.2, 0.25) is 0 Å². The molecule has 0 unspecified atom stereocenters. The largest absolute Gasteiger partial charge is 0.296 e. The first-order chi connectivity index (χ1) is 7.81. The van der Waals surface area contributed by atoms with Crippen LogP contribution in [0.5, 0.6) is 0 Å². The highest BCUT2D eigenvalue weighted by Crippen LogP contribution is 2.03. The van der Waals surface area contributed by atoms with E-state index in [4.69, 9.17) is 11.6 Å². The van der Waals surface area contributed by atoms with Crippen LogP contribution in [0.1, 0.15) is 32.5 Å². The standard InChI is InChI=1S/C11H21ClN4/c1-3-7-16-11(13-10-14-16)9-15(4-2)8-5-6-12/h10H,3-9H2,1-2H3. The van der Waals surface area contributed by atoms with Crippen LogP contribution in [-0.4, -0.2) is 38.6 Å². The fourth-order valence-electron chi connectivity index (χ4n) is 1.64. The summed E-state index contributed by atoms with van der Waals surface area (Å²) in [5.41, 5.74) is 0. The lowest BCUT2D eigenvalue weighted by atomic mass is 10.4. The number of aryl methyl sites for hydroxylation is 1. The number of hydrogen-bond donors (Lipinski definition) is 0. The summed E-state index contributed by atoms with van der Waals surface area (Å²) in [5, 5.41) is 4.23. The Hall–Kier alpha value is -0.610. The number of halogens is 1. The Kier molecular flexibility index (Phi) is 6.42. The van der Waals surface area contributed by atoms with E-state index in [0.29, 0.717) is 0 Å². The number of nitrogens with zero attached hydrogens (tertiary/aromatic N) is 4. The summed E-state index contributed by atoms with van der Waals surface area (Å²) in [6, 6.07) is 0. The summed E-state index contributed by atoms with van der Waals surface area (Å²) in [5.74, 6) is 1.77. The first kappa shape index (κ1) is 13.5. The average Bonchev–Trinajstić information content (AvgIpc) is 2.72. The lowest BCUT2D eigenvalue weighted by Crippen LogP contribution is -2.26. The van der Waals surface area contributed by atoms with E-state index >= 15 is 0 Å². The molecule has 0 amide bonds. The molecule has 0 saturated carbocycles. The molecule has 4 nitrogen and oxygen atoms in total. The van der Waals surface area contributed by atoms with Crippen molar-refractivity contribution in [2.75, 3.05) is 19.0 Å². The summed E-state index contributed by atoms with van der Waals surface area (Å²) in [6.07, 6.45) is 3.75. The second-order valence-electron chi connectivity index (χ2n) is 3.81. The minimum Gasteiger partial charge on any atom is -0.296 e. The lowest BCUT2D eigenvalue weighted by molar-refractivity contribution is 0.268. The fourth-order valence-corrected chi connectivity index (χ4v) is 1.76. The Labute approximate surface area is 103 Å². The molecule has 0 aromatic carbocycles. The molecule has 1 aromatic rings. The number of alkyl halides is 1. The molecule has 0 spiro atoms. The van der Waals surface area contributed by atoms with Gasteiger partial charge in [-0.05, 0) is 25.9 Å². The Bertz CT molecular complexity index is 287. The first-order valence-electron chi connectivity index (χ1n) is 5.96. The molecule has 1 rings (SSSR count). The molecule has 0 N–H and O–H groups in total. The Morgan fingerprint density at radius 1 is 1.44 bits per heavy atom. The van der Waals surface area contributed by atoms with Crippen molar-refractivity contribution in [3.63, 3.8) is 0 Å². The normalized spacial score (nSPS) is 11.2. The van der Waals surface area contributed by atoms with E-state index < -0.39 is 0 Å². The smallest absolute Gasteiger partial charge is 0.141 e. The number of aromatic nitrogens is 3. The maximum Gasteiger partial charge on any atom is 0.141 e. The van der Waals surface area contributed by atoms with Gasteiger partial charge in [-0.3, -0.25) is 4.90 Å². The highest BCUT2D eigenvalue weighted by Gasteiger charge is 2.08. The third-order valence-electron chi connectivity index (χ3n) is 2.55. The topological polar surface area (TPSA) is 34.0 Å². The molecular weight excluding hydrogens is 224 g/mol. The predicted molar refractivity (Wildman–Crippen MR) is 66.6 cm³/mol. The zero-order valence-electron chi connectivity index (χ0n) is 10.2. The van der Waals surface area contributed by atoms with Crippen LogP contribution in [0.2, 0.25) is 0 Å². The first-order valence-corrected chi connectivity index (χ1v) is 6.50. The molecule has 0 aliphatic carbocycles. The van der Waals surface area contributed by atoms with Gasteiger partial charge in [-0.1, -0.05) is 13.8 Å². The van der Waals surface area contributed by atoms with Gasteiger partial charge in [-0.2, -0.15) is 5.10 Å². The van der Waals surface area contributed by atoms with Gasteiger partial charge in [0.25, 0.3) is 0 Å². The summed E-state index contributed by atoms with van der Waals surface area (Å²) < 4.78 is 1.99. The van der Waals surface area contributed by atoms with Crippen molar-refractivity contribution in [1.82, 2.24) is 19.7 Å². The highest BCUT2D eigenvalue weighted by atomic mass is 35.5. The summed E-state index contributed by atoms with van der Waals surface area (Å²) in [7, 11) is 0. The summed E-state index contributed by atoms with van der Waals surface area (Å²) in [4.78, 5) is 6.65. The Morgan fingerprint density at radius 3 is 2.88 bits per heavy atom. The van der Waals surface area contributed by atoms with Crippen LogP contribution < -0.4 is 0 Å². The molecule has 1 aromatic heterocycles. The van der Waals surface area contributed by atoms with Crippen LogP contribution in [0.4, 0.5) is 0 Å². The van der Waals surface area contributed by atoms with E-state index in [1.807, 2.05) is 4.68 Å². The van der Waals surface area contributed by atoms with Gasteiger partial charge in [0, 0.05) is 12.4 Å². The van der Waals surface area contributed by atoms with E-state index in [9.17, 15) is 0 Å². The second kappa shape index (κ2) is 7.63. The van der Waals surface area contributed by atoms with E-state index in [1.165, 1.54) is 0 Å². The Balaban J connectivity index is 2.51. The number of hydrogen-bond acceptors (Lipinski definition) is 3. The molecule has 5 heteroatoms. The number of rotatable bonds is 8.